The first kappa shape index (κ1) is 14.3. The zero-order chi connectivity index (χ0) is 14.7. The topological polar surface area (TPSA) is 104 Å². The first-order chi connectivity index (χ1) is 9.49. The smallest absolute Gasteiger partial charge is 0.325 e. The van der Waals surface area contributed by atoms with E-state index in [0.717, 1.165) is 0 Å². The number of phenols is 1. The number of nitrogens with two attached hydrogens (primary N) is 1. The third kappa shape index (κ3) is 3.08. The molecule has 0 aliphatic carbocycles. The number of hydrogen-bond acceptors (Lipinski definition) is 4. The maximum atomic E-state index is 11.5. The Balaban J connectivity index is 2.12. The fourth-order valence-electron chi connectivity index (χ4n) is 2.61. The second-order valence-electron chi connectivity index (χ2n) is 5.04. The summed E-state index contributed by atoms with van der Waals surface area (Å²) in [5.41, 5.74) is 5.89. The Morgan fingerprint density at radius 1 is 1.20 bits per heavy atom. The summed E-state index contributed by atoms with van der Waals surface area (Å²) in [4.78, 5) is 24.5. The van der Waals surface area contributed by atoms with Gasteiger partial charge in [0, 0.05) is 19.0 Å². The molecule has 0 radical (unpaired) electrons. The molecule has 6 heteroatoms. The number of carboxylic acid groups (broad SMARTS) is 1. The highest BCUT2D eigenvalue weighted by Crippen LogP contribution is 2.28. The predicted molar refractivity (Wildman–Crippen MR) is 72.0 cm³/mol. The molecule has 20 heavy (non-hydrogen) atoms. The van der Waals surface area contributed by atoms with Crippen molar-refractivity contribution in [2.24, 2.45) is 11.7 Å². The molecule has 1 aromatic carbocycles. The summed E-state index contributed by atoms with van der Waals surface area (Å²) in [5.74, 6) is -1.32. The van der Waals surface area contributed by atoms with Gasteiger partial charge in [-0.05, 0) is 30.5 Å². The van der Waals surface area contributed by atoms with Gasteiger partial charge >= 0.3 is 5.97 Å². The zero-order valence-electron chi connectivity index (χ0n) is 11.0. The number of aliphatic carboxylic acids is 1. The van der Waals surface area contributed by atoms with E-state index in [0.29, 0.717) is 31.5 Å². The van der Waals surface area contributed by atoms with Crippen molar-refractivity contribution >= 4 is 11.9 Å². The van der Waals surface area contributed by atoms with Crippen LogP contribution in [0.2, 0.25) is 0 Å². The van der Waals surface area contributed by atoms with Crippen molar-refractivity contribution < 1.29 is 19.8 Å². The molecule has 108 valence electrons. The minimum absolute atomic E-state index is 0.102. The number of hydrogen-bond donors (Lipinski definition) is 3. The van der Waals surface area contributed by atoms with Gasteiger partial charge in [-0.25, -0.2) is 0 Å². The highest BCUT2D eigenvalue weighted by Gasteiger charge is 2.32. The fraction of sp³-hybridized carbons (Fsp3) is 0.429. The van der Waals surface area contributed by atoms with E-state index in [4.69, 9.17) is 5.73 Å². The van der Waals surface area contributed by atoms with Gasteiger partial charge in [0.1, 0.15) is 11.8 Å². The number of carbonyl (C=O) groups excluding carboxylic acids is 1. The first-order valence-electron chi connectivity index (χ1n) is 6.54. The summed E-state index contributed by atoms with van der Waals surface area (Å²) in [6, 6.07) is 5.40. The van der Waals surface area contributed by atoms with Gasteiger partial charge in [-0.15, -0.1) is 0 Å². The number of benzene rings is 1. The van der Waals surface area contributed by atoms with Gasteiger partial charge in [0.25, 0.3) is 0 Å². The molecule has 4 N–H and O–H groups in total. The van der Waals surface area contributed by atoms with E-state index in [2.05, 4.69) is 0 Å². The minimum atomic E-state index is -0.937. The van der Waals surface area contributed by atoms with Crippen molar-refractivity contribution in [1.29, 1.82) is 0 Å². The first-order valence-corrected chi connectivity index (χ1v) is 6.54. The van der Waals surface area contributed by atoms with Crippen LogP contribution in [0.1, 0.15) is 24.4 Å². The molecule has 1 aromatic rings. The van der Waals surface area contributed by atoms with Crippen LogP contribution in [0.3, 0.4) is 0 Å². The molecule has 1 fully saturated rings. The average Bonchev–Trinajstić information content (AvgIpc) is 2.41. The molecule has 1 heterocycles. The molecule has 6 nitrogen and oxygen atoms in total. The molecule has 1 aliphatic rings. The van der Waals surface area contributed by atoms with E-state index in [1.54, 1.807) is 12.1 Å². The van der Waals surface area contributed by atoms with E-state index in [1.807, 2.05) is 4.90 Å². The maximum absolute atomic E-state index is 11.5. The van der Waals surface area contributed by atoms with Crippen LogP contribution in [0.15, 0.2) is 24.3 Å². The van der Waals surface area contributed by atoms with Crippen LogP contribution in [0, 0.1) is 5.92 Å². The number of carbonyl (C=O) groups is 2. The molecule has 1 saturated heterocycles. The Bertz CT molecular complexity index is 492. The lowest BCUT2D eigenvalue weighted by Crippen LogP contribution is -2.42. The molecule has 1 unspecified atom stereocenters. The number of aromatic hydroxyl groups is 1. The van der Waals surface area contributed by atoms with Gasteiger partial charge in [0.05, 0.1) is 0 Å². The van der Waals surface area contributed by atoms with Crippen molar-refractivity contribution in [3.8, 4) is 5.75 Å². The van der Waals surface area contributed by atoms with Crippen LogP contribution in [0.4, 0.5) is 0 Å². The van der Waals surface area contributed by atoms with Crippen molar-refractivity contribution in [3.63, 3.8) is 0 Å². The quantitative estimate of drug-likeness (QED) is 0.752. The van der Waals surface area contributed by atoms with E-state index >= 15 is 0 Å². The van der Waals surface area contributed by atoms with Crippen LogP contribution < -0.4 is 5.73 Å². The van der Waals surface area contributed by atoms with E-state index in [-0.39, 0.29) is 17.6 Å². The lowest BCUT2D eigenvalue weighted by atomic mass is 9.93. The molecule has 0 aromatic heterocycles. The number of primary amides is 1. The number of likely N-dealkylation sites (tertiary alicyclic amines) is 1. The Morgan fingerprint density at radius 2 is 1.75 bits per heavy atom. The molecule has 1 amide bonds. The van der Waals surface area contributed by atoms with Crippen molar-refractivity contribution in [2.75, 3.05) is 13.1 Å². The average molecular weight is 278 g/mol. The highest BCUT2D eigenvalue weighted by molar-refractivity contribution is 5.77. The molecular formula is C14H18N2O4. The fourth-order valence-corrected chi connectivity index (χ4v) is 2.61. The standard InChI is InChI=1S/C14H18N2O4/c15-13(18)10-5-7-16(8-6-10)12(14(19)20)9-1-3-11(17)4-2-9/h1-4,10,12,17H,5-8H2,(H2,15,18)(H,19,20). The third-order valence-electron chi connectivity index (χ3n) is 3.74. The van der Waals surface area contributed by atoms with Gasteiger partial charge in [-0.1, -0.05) is 12.1 Å². The summed E-state index contributed by atoms with van der Waals surface area (Å²) < 4.78 is 0. The SMILES string of the molecule is NC(=O)C1CCN(C(C(=O)O)c2ccc(O)cc2)CC1. The molecule has 0 spiro atoms. The number of carboxylic acids is 1. The lowest BCUT2D eigenvalue weighted by Gasteiger charge is -2.34. The summed E-state index contributed by atoms with van der Waals surface area (Å²) in [6.45, 7) is 1.04. The highest BCUT2D eigenvalue weighted by atomic mass is 16.4. The van der Waals surface area contributed by atoms with Crippen LogP contribution in [0.5, 0.6) is 5.75 Å². The Morgan fingerprint density at radius 3 is 2.20 bits per heavy atom. The van der Waals surface area contributed by atoms with Crippen LogP contribution in [-0.4, -0.2) is 40.1 Å². The molecule has 0 saturated carbocycles. The number of nitrogens with zero attached hydrogens (tertiary/aromatic N) is 1. The molecule has 1 aliphatic heterocycles. The van der Waals surface area contributed by atoms with Crippen molar-refractivity contribution in [2.45, 2.75) is 18.9 Å². The van der Waals surface area contributed by atoms with Gasteiger partial charge in [-0.3, -0.25) is 14.5 Å². The van der Waals surface area contributed by atoms with Gasteiger partial charge < -0.3 is 15.9 Å². The molecule has 1 atom stereocenters. The third-order valence-corrected chi connectivity index (χ3v) is 3.74. The minimum Gasteiger partial charge on any atom is -0.508 e. The summed E-state index contributed by atoms with van der Waals surface area (Å²) in [7, 11) is 0. The van der Waals surface area contributed by atoms with Gasteiger partial charge in [-0.2, -0.15) is 0 Å². The second kappa shape index (κ2) is 5.92. The van der Waals surface area contributed by atoms with E-state index < -0.39 is 12.0 Å². The van der Waals surface area contributed by atoms with Gasteiger partial charge in [0.15, 0.2) is 0 Å². The number of rotatable bonds is 4. The van der Waals surface area contributed by atoms with E-state index in [1.165, 1.54) is 12.1 Å². The van der Waals surface area contributed by atoms with Gasteiger partial charge in [0.2, 0.25) is 5.91 Å². The summed E-state index contributed by atoms with van der Waals surface area (Å²) in [6.07, 6.45) is 1.16. The second-order valence-corrected chi connectivity index (χ2v) is 5.04. The number of phenolic OH excluding ortho intramolecular Hbond substituents is 1. The lowest BCUT2D eigenvalue weighted by molar-refractivity contribution is -0.144. The largest absolute Gasteiger partial charge is 0.508 e. The molecular weight excluding hydrogens is 260 g/mol. The van der Waals surface area contributed by atoms with Crippen LogP contribution in [0.25, 0.3) is 0 Å². The van der Waals surface area contributed by atoms with Crippen molar-refractivity contribution in [1.82, 2.24) is 4.90 Å². The number of amides is 1. The Hall–Kier alpha value is -2.08. The Kier molecular flexibility index (Phi) is 4.24. The van der Waals surface area contributed by atoms with E-state index in [9.17, 15) is 19.8 Å². The maximum Gasteiger partial charge on any atom is 0.325 e. The normalized spacial score (nSPS) is 18.6. The van der Waals surface area contributed by atoms with Crippen molar-refractivity contribution in [3.05, 3.63) is 29.8 Å². The predicted octanol–water partition coefficient (Wildman–Crippen LogP) is 0.715. The Labute approximate surface area is 116 Å². The summed E-state index contributed by atoms with van der Waals surface area (Å²) in [5, 5.41) is 18.7. The zero-order valence-corrected chi connectivity index (χ0v) is 11.0. The monoisotopic (exact) mass is 278 g/mol. The molecule has 0 bridgehead atoms. The molecule has 2 rings (SSSR count). The van der Waals surface area contributed by atoms with Crippen LogP contribution >= 0.6 is 0 Å². The number of piperidine rings is 1. The summed E-state index contributed by atoms with van der Waals surface area (Å²) >= 11 is 0. The van der Waals surface area contributed by atoms with Crippen LogP contribution in [-0.2, 0) is 9.59 Å².